The lowest BCUT2D eigenvalue weighted by molar-refractivity contribution is 0.491. The molecule has 0 saturated carbocycles. The largest absolute Gasteiger partial charge is 0.499 e. The Hall–Kier alpha value is -0.670. The molecular formula is C10H10OS2. The summed E-state index contributed by atoms with van der Waals surface area (Å²) in [6, 6.07) is 5.88. The molecule has 0 atom stereocenters. The van der Waals surface area contributed by atoms with Gasteiger partial charge in [0.15, 0.2) is 5.06 Å². The molecule has 0 amide bonds. The molecule has 1 aromatic carbocycles. The number of hydrogen-bond donors (Lipinski definition) is 2. The molecule has 1 nitrogen and oxygen atoms in total. The molecule has 1 aromatic heterocycles. The fourth-order valence-corrected chi connectivity index (χ4v) is 2.60. The minimum atomic E-state index is 0.371. The van der Waals surface area contributed by atoms with Crippen molar-refractivity contribution in [1.29, 1.82) is 0 Å². The predicted octanol–water partition coefficient (Wildman–Crippen LogP) is 3.46. The van der Waals surface area contributed by atoms with Crippen LogP contribution in [-0.2, 0) is 6.42 Å². The van der Waals surface area contributed by atoms with Gasteiger partial charge in [-0.3, -0.25) is 0 Å². The van der Waals surface area contributed by atoms with Crippen LogP contribution in [-0.4, -0.2) is 5.11 Å². The summed E-state index contributed by atoms with van der Waals surface area (Å²) in [5.74, 6) is 0. The van der Waals surface area contributed by atoms with Crippen LogP contribution in [0.25, 0.3) is 10.1 Å². The van der Waals surface area contributed by atoms with Crippen molar-refractivity contribution in [1.82, 2.24) is 0 Å². The maximum atomic E-state index is 9.30. The van der Waals surface area contributed by atoms with E-state index in [0.29, 0.717) is 5.06 Å². The standard InChI is InChI=1S/C10H10OS2/c1-2-6-4-9-7(3-8(6)12)5-10(11)13-9/h3-5,11-12H,2H2,1H3. The molecule has 0 saturated heterocycles. The van der Waals surface area contributed by atoms with Gasteiger partial charge in [-0.2, -0.15) is 0 Å². The van der Waals surface area contributed by atoms with E-state index in [4.69, 9.17) is 0 Å². The highest BCUT2D eigenvalue weighted by atomic mass is 32.1. The van der Waals surface area contributed by atoms with Gasteiger partial charge >= 0.3 is 0 Å². The minimum absolute atomic E-state index is 0.371. The summed E-state index contributed by atoms with van der Waals surface area (Å²) in [6.07, 6.45) is 0.980. The van der Waals surface area contributed by atoms with E-state index >= 15 is 0 Å². The molecule has 3 heteroatoms. The van der Waals surface area contributed by atoms with Crippen LogP contribution in [0.4, 0.5) is 0 Å². The Morgan fingerprint density at radius 2 is 2.15 bits per heavy atom. The van der Waals surface area contributed by atoms with Crippen molar-refractivity contribution in [2.24, 2.45) is 0 Å². The Labute approximate surface area is 86.4 Å². The first-order valence-electron chi connectivity index (χ1n) is 4.15. The van der Waals surface area contributed by atoms with Crippen LogP contribution >= 0.6 is 24.0 Å². The minimum Gasteiger partial charge on any atom is -0.499 e. The van der Waals surface area contributed by atoms with E-state index < -0.39 is 0 Å². The second-order valence-electron chi connectivity index (χ2n) is 2.96. The van der Waals surface area contributed by atoms with Gasteiger partial charge in [0.05, 0.1) is 0 Å². The van der Waals surface area contributed by atoms with Crippen LogP contribution in [0, 0.1) is 0 Å². The van der Waals surface area contributed by atoms with Gasteiger partial charge in [-0.05, 0) is 35.6 Å². The van der Waals surface area contributed by atoms with Gasteiger partial charge in [0.1, 0.15) is 0 Å². The van der Waals surface area contributed by atoms with Gasteiger partial charge in [0, 0.05) is 9.60 Å². The summed E-state index contributed by atoms with van der Waals surface area (Å²) in [7, 11) is 0. The van der Waals surface area contributed by atoms with E-state index in [-0.39, 0.29) is 0 Å². The third kappa shape index (κ3) is 1.54. The molecule has 2 aromatic rings. The van der Waals surface area contributed by atoms with Crippen molar-refractivity contribution >= 4 is 34.1 Å². The fourth-order valence-electron chi connectivity index (χ4n) is 1.39. The molecule has 0 aliphatic heterocycles. The van der Waals surface area contributed by atoms with Crippen molar-refractivity contribution in [3.05, 3.63) is 23.8 Å². The molecule has 0 aliphatic rings. The topological polar surface area (TPSA) is 20.2 Å². The van der Waals surface area contributed by atoms with Crippen molar-refractivity contribution in [3.8, 4) is 5.06 Å². The summed E-state index contributed by atoms with van der Waals surface area (Å²) in [5, 5.41) is 10.7. The molecule has 1 heterocycles. The zero-order chi connectivity index (χ0) is 9.42. The van der Waals surface area contributed by atoms with Crippen LogP contribution < -0.4 is 0 Å². The van der Waals surface area contributed by atoms with Crippen molar-refractivity contribution in [2.75, 3.05) is 0 Å². The van der Waals surface area contributed by atoms with Gasteiger partial charge in [-0.1, -0.05) is 18.3 Å². The predicted molar refractivity (Wildman–Crippen MR) is 60.1 cm³/mol. The lowest BCUT2D eigenvalue weighted by atomic mass is 10.1. The fraction of sp³-hybridized carbons (Fsp3) is 0.200. The summed E-state index contributed by atoms with van der Waals surface area (Å²) < 4.78 is 1.13. The summed E-state index contributed by atoms with van der Waals surface area (Å²) >= 11 is 5.80. The molecule has 0 fully saturated rings. The van der Waals surface area contributed by atoms with Crippen molar-refractivity contribution in [3.63, 3.8) is 0 Å². The van der Waals surface area contributed by atoms with Gasteiger partial charge in [0.25, 0.3) is 0 Å². The first-order chi connectivity index (χ1) is 6.20. The number of thiol groups is 1. The molecule has 0 radical (unpaired) electrons. The smallest absolute Gasteiger partial charge is 0.172 e. The molecular weight excluding hydrogens is 200 g/mol. The monoisotopic (exact) mass is 210 g/mol. The van der Waals surface area contributed by atoms with Crippen LogP contribution in [0.1, 0.15) is 12.5 Å². The lowest BCUT2D eigenvalue weighted by Crippen LogP contribution is -1.81. The number of hydrogen-bond acceptors (Lipinski definition) is 3. The third-order valence-corrected chi connectivity index (χ3v) is 3.40. The quantitative estimate of drug-likeness (QED) is 0.691. The van der Waals surface area contributed by atoms with E-state index in [1.165, 1.54) is 16.9 Å². The van der Waals surface area contributed by atoms with Gasteiger partial charge in [-0.25, -0.2) is 0 Å². The number of fused-ring (bicyclic) bond motifs is 1. The Morgan fingerprint density at radius 1 is 1.38 bits per heavy atom. The van der Waals surface area contributed by atoms with Crippen molar-refractivity contribution in [2.45, 2.75) is 18.2 Å². The number of aromatic hydroxyl groups is 1. The first-order valence-corrected chi connectivity index (χ1v) is 5.41. The lowest BCUT2D eigenvalue weighted by Gasteiger charge is -2.00. The number of rotatable bonds is 1. The Morgan fingerprint density at radius 3 is 2.85 bits per heavy atom. The maximum absolute atomic E-state index is 9.30. The second-order valence-corrected chi connectivity index (χ2v) is 4.50. The SMILES string of the molecule is CCc1cc2sc(O)cc2cc1S. The highest BCUT2D eigenvalue weighted by Crippen LogP contribution is 2.33. The summed E-state index contributed by atoms with van der Waals surface area (Å²) in [4.78, 5) is 1.01. The molecule has 0 spiro atoms. The number of thiophene rings is 1. The molecule has 0 unspecified atom stereocenters. The van der Waals surface area contributed by atoms with Crippen molar-refractivity contribution < 1.29 is 5.11 Å². The van der Waals surface area contributed by atoms with Gasteiger partial charge < -0.3 is 5.11 Å². The van der Waals surface area contributed by atoms with Gasteiger partial charge in [0.2, 0.25) is 0 Å². The van der Waals surface area contributed by atoms with Crippen LogP contribution in [0.15, 0.2) is 23.1 Å². The Bertz CT molecular complexity index is 445. The molecule has 68 valence electrons. The van der Waals surface area contributed by atoms with E-state index in [9.17, 15) is 5.11 Å². The van der Waals surface area contributed by atoms with E-state index in [0.717, 1.165) is 21.4 Å². The zero-order valence-corrected chi connectivity index (χ0v) is 8.95. The van der Waals surface area contributed by atoms with Crippen LogP contribution in [0.3, 0.4) is 0 Å². The molecule has 13 heavy (non-hydrogen) atoms. The normalized spacial score (nSPS) is 10.9. The average Bonchev–Trinajstić information content (AvgIpc) is 2.42. The van der Waals surface area contributed by atoms with Crippen LogP contribution in [0.5, 0.6) is 5.06 Å². The summed E-state index contributed by atoms with van der Waals surface area (Å²) in [6.45, 7) is 2.11. The zero-order valence-electron chi connectivity index (χ0n) is 7.24. The van der Waals surface area contributed by atoms with E-state index in [2.05, 4.69) is 25.6 Å². The van der Waals surface area contributed by atoms with E-state index in [1.54, 1.807) is 6.07 Å². The second kappa shape index (κ2) is 3.24. The third-order valence-electron chi connectivity index (χ3n) is 2.09. The van der Waals surface area contributed by atoms with E-state index in [1.807, 2.05) is 6.07 Å². The molecule has 1 N–H and O–H groups in total. The highest BCUT2D eigenvalue weighted by Gasteiger charge is 2.04. The Balaban J connectivity index is 2.72. The number of aryl methyl sites for hydroxylation is 1. The average molecular weight is 210 g/mol. The summed E-state index contributed by atoms with van der Waals surface area (Å²) in [5.41, 5.74) is 1.23. The maximum Gasteiger partial charge on any atom is 0.172 e. The van der Waals surface area contributed by atoms with Crippen LogP contribution in [0.2, 0.25) is 0 Å². The molecule has 2 rings (SSSR count). The number of benzene rings is 1. The highest BCUT2D eigenvalue weighted by molar-refractivity contribution is 7.80. The molecule has 0 bridgehead atoms. The molecule has 0 aliphatic carbocycles. The Kier molecular flexibility index (Phi) is 2.22. The first kappa shape index (κ1) is 8.91. The van der Waals surface area contributed by atoms with Gasteiger partial charge in [-0.15, -0.1) is 12.6 Å².